The van der Waals surface area contributed by atoms with E-state index in [2.05, 4.69) is 11.8 Å². The largest absolute Gasteiger partial charge is 0.379 e. The van der Waals surface area contributed by atoms with E-state index in [1.807, 2.05) is 17.5 Å². The quantitative estimate of drug-likeness (QED) is 0.397. The second kappa shape index (κ2) is 14.2. The van der Waals surface area contributed by atoms with Crippen molar-refractivity contribution in [3.63, 3.8) is 0 Å². The number of carbonyl (C=O) groups excluding carboxylic acids is 2. The molecule has 186 valence electrons. The zero-order valence-electron chi connectivity index (χ0n) is 20.1. The number of unbranched alkanes of at least 4 members (excludes halogenated alkanes) is 2. The normalized spacial score (nSPS) is 14.2. The summed E-state index contributed by atoms with van der Waals surface area (Å²) in [5, 5.41) is 1.99. The fourth-order valence-corrected chi connectivity index (χ4v) is 4.68. The van der Waals surface area contributed by atoms with E-state index >= 15 is 0 Å². The Balaban J connectivity index is 1.68. The number of carbonyl (C=O) groups is 2. The summed E-state index contributed by atoms with van der Waals surface area (Å²) in [5.74, 6) is -0.358. The maximum Gasteiger partial charge on any atom is 0.242 e. The first-order valence-electron chi connectivity index (χ1n) is 12.2. The number of morpholine rings is 1. The third-order valence-corrected chi connectivity index (χ3v) is 6.89. The van der Waals surface area contributed by atoms with Crippen LogP contribution in [0.3, 0.4) is 0 Å². The first-order chi connectivity index (χ1) is 16.5. The van der Waals surface area contributed by atoms with Crippen molar-refractivity contribution in [1.82, 2.24) is 14.7 Å². The number of hydrogen-bond donors (Lipinski definition) is 0. The Bertz CT molecular complexity index is 870. The maximum atomic E-state index is 13.5. The third-order valence-electron chi connectivity index (χ3n) is 6.03. The highest BCUT2D eigenvalue weighted by Crippen LogP contribution is 2.16. The van der Waals surface area contributed by atoms with Crippen LogP contribution in [0, 0.1) is 5.82 Å². The number of rotatable bonds is 13. The van der Waals surface area contributed by atoms with Gasteiger partial charge in [0.2, 0.25) is 11.8 Å². The Kier molecular flexibility index (Phi) is 11.0. The summed E-state index contributed by atoms with van der Waals surface area (Å²) in [5.41, 5.74) is 0.862. The summed E-state index contributed by atoms with van der Waals surface area (Å²) < 4.78 is 18.8. The van der Waals surface area contributed by atoms with Crippen LogP contribution in [-0.4, -0.2) is 72.5 Å². The molecule has 0 unspecified atom stereocenters. The summed E-state index contributed by atoms with van der Waals surface area (Å²) in [6, 6.07) is 10.2. The van der Waals surface area contributed by atoms with Crippen LogP contribution in [0.4, 0.5) is 4.39 Å². The lowest BCUT2D eigenvalue weighted by atomic mass is 10.2. The van der Waals surface area contributed by atoms with Crippen molar-refractivity contribution < 1.29 is 18.7 Å². The lowest BCUT2D eigenvalue weighted by Gasteiger charge is -2.31. The topological polar surface area (TPSA) is 53.1 Å². The number of amides is 2. The van der Waals surface area contributed by atoms with Crippen LogP contribution in [-0.2, 0) is 27.4 Å². The molecule has 0 atom stereocenters. The molecule has 0 bridgehead atoms. The fourth-order valence-electron chi connectivity index (χ4n) is 3.96. The summed E-state index contributed by atoms with van der Waals surface area (Å²) >= 11 is 1.60. The monoisotopic (exact) mass is 489 g/mol. The number of hydrogen-bond acceptors (Lipinski definition) is 5. The van der Waals surface area contributed by atoms with Gasteiger partial charge in [0.1, 0.15) is 5.82 Å². The van der Waals surface area contributed by atoms with Gasteiger partial charge in [-0.15, -0.1) is 11.3 Å². The van der Waals surface area contributed by atoms with Gasteiger partial charge in [0.25, 0.3) is 0 Å². The van der Waals surface area contributed by atoms with Gasteiger partial charge in [0, 0.05) is 44.0 Å². The second-order valence-corrected chi connectivity index (χ2v) is 9.71. The van der Waals surface area contributed by atoms with E-state index in [0.29, 0.717) is 39.3 Å². The zero-order valence-corrected chi connectivity index (χ0v) is 20.9. The fraction of sp³-hybridized carbons (Fsp3) is 0.538. The van der Waals surface area contributed by atoms with E-state index in [-0.39, 0.29) is 24.2 Å². The highest BCUT2D eigenvalue weighted by molar-refractivity contribution is 7.09. The molecule has 1 aromatic heterocycles. The van der Waals surface area contributed by atoms with E-state index in [1.54, 1.807) is 33.3 Å². The number of benzene rings is 1. The van der Waals surface area contributed by atoms with Crippen LogP contribution in [0.15, 0.2) is 41.8 Å². The molecule has 1 aliphatic rings. The molecule has 0 aliphatic carbocycles. The summed E-state index contributed by atoms with van der Waals surface area (Å²) in [4.78, 5) is 33.3. The van der Waals surface area contributed by atoms with E-state index < -0.39 is 0 Å². The van der Waals surface area contributed by atoms with Crippen molar-refractivity contribution in [2.24, 2.45) is 0 Å². The minimum atomic E-state index is -0.299. The van der Waals surface area contributed by atoms with Crippen molar-refractivity contribution in [1.29, 1.82) is 0 Å². The molecule has 1 saturated heterocycles. The van der Waals surface area contributed by atoms with Crippen molar-refractivity contribution in [3.05, 3.63) is 58.0 Å². The highest BCUT2D eigenvalue weighted by atomic mass is 32.1. The Morgan fingerprint density at radius 2 is 1.79 bits per heavy atom. The number of thiophene rings is 1. The van der Waals surface area contributed by atoms with E-state index in [9.17, 15) is 14.0 Å². The predicted molar refractivity (Wildman–Crippen MR) is 133 cm³/mol. The van der Waals surface area contributed by atoms with Gasteiger partial charge in [-0.2, -0.15) is 0 Å². The van der Waals surface area contributed by atoms with Gasteiger partial charge in [0.15, 0.2) is 0 Å². The lowest BCUT2D eigenvalue weighted by molar-refractivity contribution is -0.141. The molecule has 6 nitrogen and oxygen atoms in total. The Morgan fingerprint density at radius 3 is 2.47 bits per heavy atom. The van der Waals surface area contributed by atoms with Crippen LogP contribution in [0.2, 0.25) is 0 Å². The van der Waals surface area contributed by atoms with Gasteiger partial charge in [-0.3, -0.25) is 14.5 Å². The average Bonchev–Trinajstić information content (AvgIpc) is 3.36. The minimum Gasteiger partial charge on any atom is -0.379 e. The van der Waals surface area contributed by atoms with Gasteiger partial charge in [0.05, 0.1) is 26.3 Å². The lowest BCUT2D eigenvalue weighted by Crippen LogP contribution is -2.47. The molecule has 8 heteroatoms. The maximum absolute atomic E-state index is 13.5. The SMILES string of the molecule is CCCCCC(=O)N(CCN1CCOCC1)CC(=O)N(Cc1ccc(F)cc1)Cc1cccs1. The summed E-state index contributed by atoms with van der Waals surface area (Å²) in [6.07, 6.45) is 3.36. The molecule has 3 rings (SSSR count). The smallest absolute Gasteiger partial charge is 0.242 e. The highest BCUT2D eigenvalue weighted by Gasteiger charge is 2.23. The molecular weight excluding hydrogens is 453 g/mol. The molecule has 0 radical (unpaired) electrons. The van der Waals surface area contributed by atoms with Crippen LogP contribution in [0.5, 0.6) is 0 Å². The molecule has 34 heavy (non-hydrogen) atoms. The first kappa shape index (κ1) is 26.3. The molecule has 1 fully saturated rings. The van der Waals surface area contributed by atoms with Gasteiger partial charge < -0.3 is 14.5 Å². The third kappa shape index (κ3) is 8.81. The predicted octanol–water partition coefficient (Wildman–Crippen LogP) is 4.16. The van der Waals surface area contributed by atoms with Gasteiger partial charge >= 0.3 is 0 Å². The van der Waals surface area contributed by atoms with Crippen LogP contribution in [0.1, 0.15) is 43.0 Å². The van der Waals surface area contributed by atoms with Crippen molar-refractivity contribution in [3.8, 4) is 0 Å². The molecule has 2 heterocycles. The van der Waals surface area contributed by atoms with E-state index in [0.717, 1.165) is 49.3 Å². The van der Waals surface area contributed by atoms with E-state index in [4.69, 9.17) is 4.74 Å². The molecule has 1 aromatic carbocycles. The van der Waals surface area contributed by atoms with Crippen LogP contribution >= 0.6 is 11.3 Å². The van der Waals surface area contributed by atoms with Crippen molar-refractivity contribution >= 4 is 23.2 Å². The average molecular weight is 490 g/mol. The van der Waals surface area contributed by atoms with Crippen molar-refractivity contribution in [2.75, 3.05) is 45.9 Å². The molecule has 0 N–H and O–H groups in total. The standard InChI is InChI=1S/C26H36FN3O3S/c1-2-3-4-7-25(31)29(13-12-28-14-16-33-17-15-28)21-26(32)30(20-24-6-5-18-34-24)19-22-8-10-23(27)11-9-22/h5-6,8-11,18H,2-4,7,12-17,19-21H2,1H3. The molecular formula is C26H36FN3O3S. The molecule has 0 saturated carbocycles. The minimum absolute atomic E-state index is 0.0351. The van der Waals surface area contributed by atoms with Crippen LogP contribution in [0.25, 0.3) is 0 Å². The Morgan fingerprint density at radius 1 is 1.03 bits per heavy atom. The van der Waals surface area contributed by atoms with Gasteiger partial charge in [-0.1, -0.05) is 38.0 Å². The van der Waals surface area contributed by atoms with Gasteiger partial charge in [-0.05, 0) is 35.6 Å². The van der Waals surface area contributed by atoms with Crippen molar-refractivity contribution in [2.45, 2.75) is 45.7 Å². The molecule has 2 aromatic rings. The first-order valence-corrected chi connectivity index (χ1v) is 13.1. The Hall–Kier alpha value is -2.29. The molecule has 2 amide bonds. The van der Waals surface area contributed by atoms with E-state index in [1.165, 1.54) is 12.1 Å². The summed E-state index contributed by atoms with van der Waals surface area (Å²) in [6.45, 7) is 7.38. The molecule has 1 aliphatic heterocycles. The van der Waals surface area contributed by atoms with Gasteiger partial charge in [-0.25, -0.2) is 4.39 Å². The number of halogens is 1. The van der Waals surface area contributed by atoms with Crippen LogP contribution < -0.4 is 0 Å². The number of ether oxygens (including phenoxy) is 1. The summed E-state index contributed by atoms with van der Waals surface area (Å²) in [7, 11) is 0. The second-order valence-electron chi connectivity index (χ2n) is 8.68. The zero-order chi connectivity index (χ0) is 24.2. The number of nitrogens with zero attached hydrogens (tertiary/aromatic N) is 3. The molecule has 0 spiro atoms. The Labute approximate surface area is 206 Å².